The Labute approximate surface area is 179 Å². The van der Waals surface area contributed by atoms with E-state index < -0.39 is 0 Å². The molecule has 2 heterocycles. The van der Waals surface area contributed by atoms with Crippen molar-refractivity contribution in [3.8, 4) is 0 Å². The fraction of sp³-hybridized carbons (Fsp3) is 0.292. The monoisotopic (exact) mass is 418 g/mol. The molecule has 0 aliphatic heterocycles. The van der Waals surface area contributed by atoms with E-state index in [1.807, 2.05) is 44.2 Å². The highest BCUT2D eigenvalue weighted by Gasteiger charge is 2.17. The van der Waals surface area contributed by atoms with Gasteiger partial charge in [-0.2, -0.15) is 0 Å². The molecule has 2 aromatic heterocycles. The van der Waals surface area contributed by atoms with E-state index in [0.717, 1.165) is 11.1 Å². The van der Waals surface area contributed by atoms with Crippen LogP contribution in [0, 0.1) is 0 Å². The quantitative estimate of drug-likeness (QED) is 0.412. The van der Waals surface area contributed by atoms with Crippen molar-refractivity contribution in [1.29, 1.82) is 0 Å². The maximum Gasteiger partial charge on any atom is 0.352 e. The molecule has 7 heteroatoms. The number of hydrogen-bond donors (Lipinski definition) is 0. The van der Waals surface area contributed by atoms with E-state index in [-0.39, 0.29) is 17.4 Å². The molecule has 0 unspecified atom stereocenters. The van der Waals surface area contributed by atoms with Crippen LogP contribution in [-0.2, 0) is 17.8 Å². The molecule has 0 radical (unpaired) electrons. The number of para-hydroxylation sites is 1. The third-order valence-electron chi connectivity index (χ3n) is 5.21. The second kappa shape index (κ2) is 8.73. The minimum atomic E-state index is -0.272. The summed E-state index contributed by atoms with van der Waals surface area (Å²) in [7, 11) is 0. The molecule has 0 saturated heterocycles. The summed E-state index contributed by atoms with van der Waals surface area (Å²) in [4.78, 5) is 26.4. The fourth-order valence-corrected chi connectivity index (χ4v) is 3.65. The van der Waals surface area contributed by atoms with E-state index in [0.29, 0.717) is 42.8 Å². The van der Waals surface area contributed by atoms with Gasteiger partial charge in [0, 0.05) is 13.2 Å². The van der Waals surface area contributed by atoms with Gasteiger partial charge < -0.3 is 4.74 Å². The third-order valence-corrected chi connectivity index (χ3v) is 5.21. The summed E-state index contributed by atoms with van der Waals surface area (Å²) in [5, 5.41) is 5.04. The van der Waals surface area contributed by atoms with Gasteiger partial charge in [0.25, 0.3) is 5.56 Å². The van der Waals surface area contributed by atoms with Crippen molar-refractivity contribution in [2.75, 3.05) is 6.61 Å². The first-order valence-electron chi connectivity index (χ1n) is 10.4. The largest absolute Gasteiger partial charge is 0.379 e. The molecule has 0 bridgehead atoms. The van der Waals surface area contributed by atoms with Crippen LogP contribution in [0.25, 0.3) is 22.8 Å². The van der Waals surface area contributed by atoms with Gasteiger partial charge in [-0.1, -0.05) is 49.1 Å². The lowest BCUT2D eigenvalue weighted by Gasteiger charge is -2.11. The number of fused-ring (bicyclic) bond motifs is 3. The summed E-state index contributed by atoms with van der Waals surface area (Å²) in [5.41, 5.74) is 2.09. The molecule has 7 nitrogen and oxygen atoms in total. The Morgan fingerprint density at radius 2 is 1.84 bits per heavy atom. The van der Waals surface area contributed by atoms with Crippen LogP contribution >= 0.6 is 0 Å². The topological polar surface area (TPSA) is 70.5 Å². The first-order chi connectivity index (χ1) is 15.0. The number of aromatic nitrogens is 4. The van der Waals surface area contributed by atoms with Gasteiger partial charge in [-0.15, -0.1) is 5.10 Å². The Morgan fingerprint density at radius 1 is 1.10 bits per heavy atom. The van der Waals surface area contributed by atoms with Crippen LogP contribution in [0.4, 0.5) is 0 Å². The molecular weight excluding hydrogens is 392 g/mol. The van der Waals surface area contributed by atoms with Crippen LogP contribution in [0.2, 0.25) is 0 Å². The SMILES string of the molecule is C=Cc1ccc(Cn2nc3n(CCCOC(C)C)c(=O)c4ccccc4n3c2=O)cc1. The molecule has 0 amide bonds. The minimum absolute atomic E-state index is 0.127. The highest BCUT2D eigenvalue weighted by molar-refractivity contribution is 5.80. The van der Waals surface area contributed by atoms with Gasteiger partial charge in [-0.05, 0) is 43.5 Å². The maximum atomic E-state index is 13.3. The maximum absolute atomic E-state index is 13.3. The van der Waals surface area contributed by atoms with Crippen molar-refractivity contribution in [2.24, 2.45) is 0 Å². The van der Waals surface area contributed by atoms with Crippen LogP contribution in [-0.4, -0.2) is 31.5 Å². The average Bonchev–Trinajstić information content (AvgIpc) is 3.09. The predicted molar refractivity (Wildman–Crippen MR) is 123 cm³/mol. The number of ether oxygens (including phenoxy) is 1. The highest BCUT2D eigenvalue weighted by Crippen LogP contribution is 2.12. The number of rotatable bonds is 8. The van der Waals surface area contributed by atoms with E-state index in [4.69, 9.17) is 4.74 Å². The normalized spacial score (nSPS) is 11.6. The highest BCUT2D eigenvalue weighted by atomic mass is 16.5. The van der Waals surface area contributed by atoms with E-state index in [9.17, 15) is 9.59 Å². The summed E-state index contributed by atoms with van der Waals surface area (Å²) < 4.78 is 10.1. The van der Waals surface area contributed by atoms with E-state index in [1.165, 1.54) is 9.08 Å². The van der Waals surface area contributed by atoms with Crippen molar-refractivity contribution in [3.05, 3.63) is 87.1 Å². The van der Waals surface area contributed by atoms with Crippen LogP contribution in [0.15, 0.2) is 64.7 Å². The van der Waals surface area contributed by atoms with Gasteiger partial charge in [0.1, 0.15) is 0 Å². The van der Waals surface area contributed by atoms with E-state index >= 15 is 0 Å². The molecule has 0 fully saturated rings. The number of nitrogens with zero attached hydrogens (tertiary/aromatic N) is 4. The van der Waals surface area contributed by atoms with Crippen molar-refractivity contribution < 1.29 is 4.74 Å². The summed E-state index contributed by atoms with van der Waals surface area (Å²) >= 11 is 0. The van der Waals surface area contributed by atoms with E-state index in [1.54, 1.807) is 28.8 Å². The predicted octanol–water partition coefficient (Wildman–Crippen LogP) is 3.32. The van der Waals surface area contributed by atoms with Crippen LogP contribution < -0.4 is 11.2 Å². The second-order valence-electron chi connectivity index (χ2n) is 7.77. The standard InChI is InChI=1S/C24H26N4O3/c1-4-18-10-12-19(13-11-18)16-27-24(30)28-21-9-6-5-8-20(21)22(29)26(23(28)25-27)14-7-15-31-17(2)3/h4-6,8-13,17H,1,7,14-16H2,2-3H3. The molecule has 0 saturated carbocycles. The number of aryl methyl sites for hydroxylation is 1. The van der Waals surface area contributed by atoms with Crippen LogP contribution in [0.5, 0.6) is 0 Å². The van der Waals surface area contributed by atoms with Crippen molar-refractivity contribution in [3.63, 3.8) is 0 Å². The molecule has 0 aliphatic carbocycles. The van der Waals surface area contributed by atoms with Gasteiger partial charge in [0.2, 0.25) is 5.78 Å². The van der Waals surface area contributed by atoms with Crippen molar-refractivity contribution in [1.82, 2.24) is 18.7 Å². The molecule has 160 valence electrons. The average molecular weight is 418 g/mol. The fourth-order valence-electron chi connectivity index (χ4n) is 3.65. The van der Waals surface area contributed by atoms with Gasteiger partial charge >= 0.3 is 5.69 Å². The first-order valence-corrected chi connectivity index (χ1v) is 10.4. The Balaban J connectivity index is 1.81. The smallest absolute Gasteiger partial charge is 0.352 e. The summed E-state index contributed by atoms with van der Waals surface area (Å²) in [5.74, 6) is 0.348. The van der Waals surface area contributed by atoms with E-state index in [2.05, 4.69) is 11.7 Å². The number of benzene rings is 2. The van der Waals surface area contributed by atoms with Crippen LogP contribution in [0.1, 0.15) is 31.4 Å². The Kier molecular flexibility index (Phi) is 5.86. The Bertz CT molecular complexity index is 1340. The Hall–Kier alpha value is -3.45. The molecule has 0 N–H and O–H groups in total. The summed E-state index contributed by atoms with van der Waals surface area (Å²) in [6.45, 7) is 8.98. The van der Waals surface area contributed by atoms with Gasteiger partial charge in [0.05, 0.1) is 23.6 Å². The number of hydrogen-bond acceptors (Lipinski definition) is 4. The molecule has 2 aromatic carbocycles. The van der Waals surface area contributed by atoms with Gasteiger partial charge in [-0.3, -0.25) is 9.36 Å². The lowest BCUT2D eigenvalue weighted by molar-refractivity contribution is 0.0748. The summed E-state index contributed by atoms with van der Waals surface area (Å²) in [6.07, 6.45) is 2.55. The molecule has 0 atom stereocenters. The molecule has 4 rings (SSSR count). The zero-order valence-corrected chi connectivity index (χ0v) is 17.8. The first kappa shape index (κ1) is 20.8. The van der Waals surface area contributed by atoms with Gasteiger partial charge in [0.15, 0.2) is 0 Å². The molecule has 0 aliphatic rings. The lowest BCUT2D eigenvalue weighted by Crippen LogP contribution is -2.27. The molecule has 31 heavy (non-hydrogen) atoms. The molecule has 0 spiro atoms. The van der Waals surface area contributed by atoms with Crippen molar-refractivity contribution in [2.45, 2.75) is 39.5 Å². The third kappa shape index (κ3) is 4.09. The lowest BCUT2D eigenvalue weighted by atomic mass is 10.1. The Morgan fingerprint density at radius 3 is 2.55 bits per heavy atom. The molecule has 4 aromatic rings. The zero-order chi connectivity index (χ0) is 22.0. The van der Waals surface area contributed by atoms with Crippen LogP contribution in [0.3, 0.4) is 0 Å². The van der Waals surface area contributed by atoms with Crippen molar-refractivity contribution >= 4 is 22.8 Å². The van der Waals surface area contributed by atoms with Gasteiger partial charge in [-0.25, -0.2) is 13.9 Å². The second-order valence-corrected chi connectivity index (χ2v) is 7.77. The zero-order valence-electron chi connectivity index (χ0n) is 17.8. The molecular formula is C24H26N4O3. The summed E-state index contributed by atoms with van der Waals surface area (Å²) in [6, 6.07) is 14.9. The minimum Gasteiger partial charge on any atom is -0.379 e.